The van der Waals surface area contributed by atoms with Crippen molar-refractivity contribution in [3.63, 3.8) is 0 Å². The Morgan fingerprint density at radius 3 is 0.663 bits per heavy atom. The number of hydrogen-bond donors (Lipinski definition) is 0. The topological polar surface area (TPSA) is 0 Å². The second-order valence-electron chi connectivity index (χ2n) is 27.2. The summed E-state index contributed by atoms with van der Waals surface area (Å²) in [5.41, 5.74) is 4.07. The molecule has 0 unspecified atom stereocenters. The van der Waals surface area contributed by atoms with E-state index in [2.05, 4.69) is 27.7 Å². The molecule has 0 saturated heterocycles. The summed E-state index contributed by atoms with van der Waals surface area (Å²) in [4.78, 5) is 0. The summed E-state index contributed by atoms with van der Waals surface area (Å²) in [5.74, 6) is -15.8. The Balaban J connectivity index is 0.000000153. The van der Waals surface area contributed by atoms with Gasteiger partial charge in [0.05, 0.1) is 11.1 Å². The molecule has 4 aliphatic carbocycles. The van der Waals surface area contributed by atoms with Gasteiger partial charge in [0, 0.05) is 0 Å². The molecule has 8 aromatic carbocycles. The van der Waals surface area contributed by atoms with Gasteiger partial charge < -0.3 is 0 Å². The van der Waals surface area contributed by atoms with E-state index in [1.807, 2.05) is 48.5 Å². The number of benzene rings is 8. The summed E-state index contributed by atoms with van der Waals surface area (Å²) >= 11 is 0. The van der Waals surface area contributed by atoms with E-state index in [-0.39, 0.29) is 23.0 Å². The highest BCUT2D eigenvalue weighted by Crippen LogP contribution is 2.44. The van der Waals surface area contributed by atoms with Gasteiger partial charge in [-0.25, -0.2) is 70.2 Å². The molecule has 0 bridgehead atoms. The molecule has 524 valence electrons. The maximum atomic E-state index is 14.5. The zero-order valence-corrected chi connectivity index (χ0v) is 55.8. The van der Waals surface area contributed by atoms with Crippen molar-refractivity contribution in [2.45, 2.75) is 193 Å². The van der Waals surface area contributed by atoms with Crippen LogP contribution in [-0.4, -0.2) is 0 Å². The average Bonchev–Trinajstić information content (AvgIpc) is 0.796. The van der Waals surface area contributed by atoms with Crippen LogP contribution < -0.4 is 0 Å². The van der Waals surface area contributed by atoms with E-state index in [1.54, 1.807) is 0 Å². The molecule has 4 aliphatic rings. The van der Waals surface area contributed by atoms with Crippen LogP contribution in [0.15, 0.2) is 121 Å². The van der Waals surface area contributed by atoms with Crippen LogP contribution in [-0.2, 0) is 0 Å². The Labute approximate surface area is 565 Å². The van der Waals surface area contributed by atoms with Gasteiger partial charge in [0.2, 0.25) is 0 Å². The van der Waals surface area contributed by atoms with Crippen LogP contribution in [0.1, 0.15) is 215 Å². The van der Waals surface area contributed by atoms with E-state index in [0.29, 0.717) is 81.3 Å². The largest absolute Gasteiger partial charge is 0.206 e. The molecule has 0 radical (unpaired) electrons. The number of halogens is 16. The van der Waals surface area contributed by atoms with Crippen molar-refractivity contribution in [3.05, 3.63) is 237 Å². The quantitative estimate of drug-likeness (QED) is 0.0752. The fraction of sp³-hybridized carbons (Fsp3) is 0.415. The minimum atomic E-state index is -1.66. The summed E-state index contributed by atoms with van der Waals surface area (Å²) in [6.45, 7) is 8.78. The molecule has 4 fully saturated rings. The lowest BCUT2D eigenvalue weighted by molar-refractivity contribution is 0.307. The second-order valence-corrected chi connectivity index (χ2v) is 27.2. The summed E-state index contributed by atoms with van der Waals surface area (Å²) < 4.78 is 217. The molecule has 0 heterocycles. The minimum absolute atomic E-state index is 0.0857. The third-order valence-electron chi connectivity index (χ3n) is 21.0. The van der Waals surface area contributed by atoms with E-state index in [1.165, 1.54) is 112 Å². The van der Waals surface area contributed by atoms with Crippen molar-refractivity contribution >= 4 is 0 Å². The van der Waals surface area contributed by atoms with Crippen LogP contribution in [0.3, 0.4) is 0 Å². The Kier molecular flexibility index (Phi) is 26.4. The summed E-state index contributed by atoms with van der Waals surface area (Å²) in [7, 11) is 0. The van der Waals surface area contributed by atoms with Crippen LogP contribution in [0.2, 0.25) is 0 Å². The highest BCUT2D eigenvalue weighted by molar-refractivity contribution is 5.68. The predicted octanol–water partition coefficient (Wildman–Crippen LogP) is 27.2. The van der Waals surface area contributed by atoms with Crippen LogP contribution in [0.5, 0.6) is 0 Å². The van der Waals surface area contributed by atoms with Gasteiger partial charge in [0.15, 0.2) is 69.8 Å². The van der Waals surface area contributed by atoms with Gasteiger partial charge in [-0.2, -0.15) is 0 Å². The molecule has 4 saturated carbocycles. The van der Waals surface area contributed by atoms with Gasteiger partial charge >= 0.3 is 0 Å². The maximum absolute atomic E-state index is 14.5. The first kappa shape index (κ1) is 74.9. The molecular weight excluding hydrogens is 1290 g/mol. The molecule has 0 spiro atoms. The molecule has 0 aromatic heterocycles. The number of rotatable bonds is 14. The summed E-state index contributed by atoms with van der Waals surface area (Å²) in [6.07, 6.45) is 24.9. The molecule has 98 heavy (non-hydrogen) atoms. The molecule has 0 atom stereocenters. The highest BCUT2D eigenvalue weighted by Gasteiger charge is 2.29. The lowest BCUT2D eigenvalue weighted by Crippen LogP contribution is -2.13. The van der Waals surface area contributed by atoms with Gasteiger partial charge in [-0.05, 0) is 279 Å². The molecule has 12 rings (SSSR count). The smallest absolute Gasteiger partial charge is 0.194 e. The SMILES string of the molecule is CCC1CCC(c2cc(F)c(-c3cc(F)c(F)c(F)c3)c(F)c2)CC1.CCC1CCC(c2ccc(-c3cc(F)c(F)c(F)c3)cc2)CC1.CCCC1CCC(c2cc(F)c(-c3cc(F)c(F)c(F)c3)c(F)c2)CC1.CCCC1CCC(c2ccc(-c3cc(F)c(F)c(F)c3)cc2)CC1. The first-order chi connectivity index (χ1) is 47.0. The standard InChI is InChI=1S/C21H21F5.C21H23F3.C20H19F5.C20H21F3/c1-2-3-12-4-6-13(7-5-12)14-8-16(22)20(17(23)9-14)15-10-18(24)21(26)19(25)11-15;1-2-3-14-4-6-15(7-5-14)16-8-10-17(11-9-16)18-12-19(22)21(24)20(23)13-18;1-2-11-3-5-12(6-4-11)13-7-15(21)19(16(22)8-13)14-9-17(23)20(25)18(24)10-14;1-2-13-3-5-14(6-4-13)15-7-9-16(10-8-15)17-11-18(21)20(23)19(22)12-17/h8-13H,2-7H2,1H3;8-15H,2-7H2,1H3;7-12H,2-6H2,1H3;7-14H,2-6H2,1H3. The van der Waals surface area contributed by atoms with Gasteiger partial charge in [-0.15, -0.1) is 0 Å². The first-order valence-electron chi connectivity index (χ1n) is 34.7. The van der Waals surface area contributed by atoms with Crippen molar-refractivity contribution < 1.29 is 70.2 Å². The average molecular weight is 1370 g/mol. The normalized spacial score (nSPS) is 20.9. The van der Waals surface area contributed by atoms with Gasteiger partial charge in [0.25, 0.3) is 0 Å². The van der Waals surface area contributed by atoms with Crippen LogP contribution >= 0.6 is 0 Å². The van der Waals surface area contributed by atoms with E-state index >= 15 is 0 Å². The second kappa shape index (κ2) is 34.6. The Morgan fingerprint density at radius 1 is 0.224 bits per heavy atom. The Bertz CT molecular complexity index is 3800. The lowest BCUT2D eigenvalue weighted by atomic mass is 9.77. The van der Waals surface area contributed by atoms with Crippen LogP contribution in [0.4, 0.5) is 70.2 Å². The minimum Gasteiger partial charge on any atom is -0.206 e. The third-order valence-corrected chi connectivity index (χ3v) is 21.0. The molecular formula is C82H84F16. The number of hydrogen-bond acceptors (Lipinski definition) is 0. The summed E-state index contributed by atoms with van der Waals surface area (Å²) in [5, 5.41) is 0. The first-order valence-corrected chi connectivity index (χ1v) is 34.7. The van der Waals surface area contributed by atoms with Gasteiger partial charge in [0.1, 0.15) is 23.3 Å². The monoisotopic (exact) mass is 1370 g/mol. The Morgan fingerprint density at radius 2 is 0.439 bits per heavy atom. The zero-order chi connectivity index (χ0) is 70.5. The van der Waals surface area contributed by atoms with E-state index in [4.69, 9.17) is 0 Å². The van der Waals surface area contributed by atoms with E-state index < -0.39 is 104 Å². The molecule has 0 nitrogen and oxygen atoms in total. The fourth-order valence-corrected chi connectivity index (χ4v) is 15.1. The fourth-order valence-electron chi connectivity index (χ4n) is 15.1. The van der Waals surface area contributed by atoms with Crippen molar-refractivity contribution in [2.75, 3.05) is 0 Å². The molecule has 16 heteroatoms. The van der Waals surface area contributed by atoms with Gasteiger partial charge in [-0.3, -0.25) is 0 Å². The third kappa shape index (κ3) is 18.7. The van der Waals surface area contributed by atoms with Gasteiger partial charge in [-0.1, -0.05) is 115 Å². The van der Waals surface area contributed by atoms with E-state index in [9.17, 15) is 70.2 Å². The van der Waals surface area contributed by atoms with Crippen LogP contribution in [0, 0.1) is 117 Å². The van der Waals surface area contributed by atoms with Crippen LogP contribution in [0.25, 0.3) is 44.5 Å². The van der Waals surface area contributed by atoms with Crippen molar-refractivity contribution in [1.29, 1.82) is 0 Å². The van der Waals surface area contributed by atoms with Crippen molar-refractivity contribution in [1.82, 2.24) is 0 Å². The molecule has 0 aliphatic heterocycles. The zero-order valence-electron chi connectivity index (χ0n) is 55.8. The lowest BCUT2D eigenvalue weighted by Gasteiger charge is -2.29. The van der Waals surface area contributed by atoms with E-state index in [0.717, 1.165) is 100 Å². The molecule has 0 N–H and O–H groups in total. The Hall–Kier alpha value is -7.36. The highest BCUT2D eigenvalue weighted by atomic mass is 19.2. The predicted molar refractivity (Wildman–Crippen MR) is 356 cm³/mol. The molecule has 8 aromatic rings. The van der Waals surface area contributed by atoms with Crippen molar-refractivity contribution in [2.24, 2.45) is 23.7 Å². The molecule has 0 amide bonds. The van der Waals surface area contributed by atoms with Crippen molar-refractivity contribution in [3.8, 4) is 44.5 Å². The maximum Gasteiger partial charge on any atom is 0.194 e. The summed E-state index contributed by atoms with van der Waals surface area (Å²) in [6, 6.07) is 27.2.